The molecule has 0 aliphatic carbocycles. The molecule has 132 valence electrons. The summed E-state index contributed by atoms with van der Waals surface area (Å²) in [5.74, 6) is -0.646. The first-order valence-corrected chi connectivity index (χ1v) is 8.68. The third kappa shape index (κ3) is 3.80. The van der Waals surface area contributed by atoms with Crippen LogP contribution in [0.25, 0.3) is 0 Å². The van der Waals surface area contributed by atoms with E-state index in [0.29, 0.717) is 0 Å². The average Bonchev–Trinajstić information content (AvgIpc) is 2.86. The number of hydrogen-bond donors (Lipinski definition) is 0. The van der Waals surface area contributed by atoms with Crippen LogP contribution in [0.3, 0.4) is 0 Å². The summed E-state index contributed by atoms with van der Waals surface area (Å²) in [5.41, 5.74) is 0. The second-order valence-corrected chi connectivity index (χ2v) is 7.22. The highest BCUT2D eigenvalue weighted by Gasteiger charge is 2.29. The third-order valence-electron chi connectivity index (χ3n) is 3.15. The van der Waals surface area contributed by atoms with Crippen molar-refractivity contribution in [3.8, 4) is 5.75 Å². The predicted octanol–water partition coefficient (Wildman–Crippen LogP) is 2.06. The maximum Gasteiger partial charge on any atom is 0.269 e. The molecule has 0 spiro atoms. The lowest BCUT2D eigenvalue weighted by molar-refractivity contribution is 0.144. The molecule has 2 aromatic rings. The van der Waals surface area contributed by atoms with Gasteiger partial charge in [-0.25, -0.2) is 12.8 Å². The highest BCUT2D eigenvalue weighted by atomic mass is 35.5. The predicted molar refractivity (Wildman–Crippen MR) is 87.6 cm³/mol. The Balaban J connectivity index is 2.44. The lowest BCUT2D eigenvalue weighted by Crippen LogP contribution is -2.28. The molecular formula is C14H17ClFN3O4S. The third-order valence-corrected chi connectivity index (χ3v) is 5.19. The molecule has 10 heteroatoms. The zero-order valence-corrected chi connectivity index (χ0v) is 14.9. The minimum Gasteiger partial charge on any atom is -0.490 e. The zero-order valence-electron chi connectivity index (χ0n) is 13.4. The Labute approximate surface area is 144 Å². The van der Waals surface area contributed by atoms with Crippen molar-refractivity contribution in [2.75, 3.05) is 31.7 Å². The molecule has 0 radical (unpaired) electrons. The first-order valence-electron chi connectivity index (χ1n) is 6.86. The van der Waals surface area contributed by atoms with Crippen molar-refractivity contribution in [2.24, 2.45) is 7.05 Å². The molecule has 0 bridgehead atoms. The van der Waals surface area contributed by atoms with Crippen molar-refractivity contribution in [3.05, 3.63) is 35.2 Å². The molecule has 1 aromatic heterocycles. The smallest absolute Gasteiger partial charge is 0.269 e. The van der Waals surface area contributed by atoms with Crippen molar-refractivity contribution in [2.45, 2.75) is 4.90 Å². The summed E-state index contributed by atoms with van der Waals surface area (Å²) in [6, 6.07) is 3.27. The van der Waals surface area contributed by atoms with Gasteiger partial charge in [-0.15, -0.1) is 0 Å². The largest absolute Gasteiger partial charge is 0.490 e. The lowest BCUT2D eigenvalue weighted by atomic mass is 10.3. The molecule has 0 fully saturated rings. The summed E-state index contributed by atoms with van der Waals surface area (Å²) in [6.07, 6.45) is 1.46. The summed E-state index contributed by atoms with van der Waals surface area (Å²) >= 11 is 6.00. The maximum atomic E-state index is 13.6. The number of sulfonamides is 1. The van der Waals surface area contributed by atoms with Gasteiger partial charge in [-0.1, -0.05) is 11.6 Å². The zero-order chi connectivity index (χ0) is 17.9. The Morgan fingerprint density at radius 3 is 2.67 bits per heavy atom. The van der Waals surface area contributed by atoms with Gasteiger partial charge in [-0.2, -0.15) is 5.10 Å². The van der Waals surface area contributed by atoms with Crippen LogP contribution in [-0.4, -0.2) is 45.6 Å². The van der Waals surface area contributed by atoms with Gasteiger partial charge in [0.1, 0.15) is 28.1 Å². The fourth-order valence-corrected chi connectivity index (χ4v) is 3.62. The molecule has 0 unspecified atom stereocenters. The van der Waals surface area contributed by atoms with Crippen LogP contribution in [0.15, 0.2) is 29.3 Å². The average molecular weight is 378 g/mol. The molecule has 0 amide bonds. The van der Waals surface area contributed by atoms with Crippen molar-refractivity contribution in [1.29, 1.82) is 0 Å². The Morgan fingerprint density at radius 2 is 2.08 bits per heavy atom. The molecule has 2 rings (SSSR count). The molecule has 7 nitrogen and oxygen atoms in total. The first-order chi connectivity index (χ1) is 11.3. The number of aryl methyl sites for hydroxylation is 1. The van der Waals surface area contributed by atoms with E-state index >= 15 is 0 Å². The second-order valence-electron chi connectivity index (χ2n) is 4.88. The Hall–Kier alpha value is -1.84. The number of methoxy groups -OCH3 is 1. The van der Waals surface area contributed by atoms with Crippen LogP contribution in [-0.2, 0) is 21.8 Å². The van der Waals surface area contributed by atoms with Gasteiger partial charge in [-0.05, 0) is 18.2 Å². The Morgan fingerprint density at radius 1 is 1.38 bits per heavy atom. The number of hydrogen-bond acceptors (Lipinski definition) is 5. The normalized spacial score (nSPS) is 11.5. The quantitative estimate of drug-likeness (QED) is 0.690. The standard InChI is InChI=1S/C14H17ClFN3O4S/c1-18-9-11(15)14(17-18)19(2)24(20,21)13-8-10(16)4-5-12(13)23-7-6-22-3/h4-5,8-9H,6-7H2,1-3H3. The van der Waals surface area contributed by atoms with Crippen LogP contribution in [0.2, 0.25) is 5.02 Å². The fraction of sp³-hybridized carbons (Fsp3) is 0.357. The van der Waals surface area contributed by atoms with Gasteiger partial charge in [0, 0.05) is 27.4 Å². The minimum atomic E-state index is -4.12. The van der Waals surface area contributed by atoms with Crippen LogP contribution in [0.5, 0.6) is 5.75 Å². The van der Waals surface area contributed by atoms with Gasteiger partial charge in [0.15, 0.2) is 5.82 Å². The monoisotopic (exact) mass is 377 g/mol. The van der Waals surface area contributed by atoms with Crippen molar-refractivity contribution >= 4 is 27.4 Å². The molecule has 0 aliphatic rings. The lowest BCUT2D eigenvalue weighted by Gasteiger charge is -2.19. The van der Waals surface area contributed by atoms with Gasteiger partial charge in [-0.3, -0.25) is 8.99 Å². The van der Waals surface area contributed by atoms with E-state index in [9.17, 15) is 12.8 Å². The van der Waals surface area contributed by atoms with E-state index in [1.807, 2.05) is 0 Å². The van der Waals surface area contributed by atoms with Crippen molar-refractivity contribution in [1.82, 2.24) is 9.78 Å². The molecule has 24 heavy (non-hydrogen) atoms. The van der Waals surface area contributed by atoms with E-state index in [2.05, 4.69) is 5.10 Å². The van der Waals surface area contributed by atoms with E-state index in [4.69, 9.17) is 21.1 Å². The first kappa shape index (κ1) is 18.5. The fourth-order valence-electron chi connectivity index (χ4n) is 1.96. The number of benzene rings is 1. The van der Waals surface area contributed by atoms with E-state index < -0.39 is 15.8 Å². The molecular weight excluding hydrogens is 361 g/mol. The Kier molecular flexibility index (Phi) is 5.68. The van der Waals surface area contributed by atoms with E-state index in [-0.39, 0.29) is 34.7 Å². The SMILES string of the molecule is COCCOc1ccc(F)cc1S(=O)(=O)N(C)c1nn(C)cc1Cl. The second kappa shape index (κ2) is 7.37. The molecule has 1 aromatic carbocycles. The summed E-state index contributed by atoms with van der Waals surface area (Å²) in [5, 5.41) is 4.16. The van der Waals surface area contributed by atoms with Gasteiger partial charge in [0.25, 0.3) is 10.0 Å². The van der Waals surface area contributed by atoms with Gasteiger partial charge in [0.2, 0.25) is 0 Å². The van der Waals surface area contributed by atoms with Crippen LogP contribution in [0.1, 0.15) is 0 Å². The van der Waals surface area contributed by atoms with Crippen LogP contribution >= 0.6 is 11.6 Å². The van der Waals surface area contributed by atoms with Gasteiger partial charge < -0.3 is 9.47 Å². The maximum absolute atomic E-state index is 13.6. The van der Waals surface area contributed by atoms with E-state index in [1.165, 1.54) is 31.1 Å². The molecule has 0 saturated carbocycles. The number of aromatic nitrogens is 2. The molecule has 0 atom stereocenters. The molecule has 1 heterocycles. The van der Waals surface area contributed by atoms with Gasteiger partial charge in [0.05, 0.1) is 6.61 Å². The summed E-state index contributed by atoms with van der Waals surface area (Å²) in [7, 11) is 0.258. The van der Waals surface area contributed by atoms with E-state index in [0.717, 1.165) is 16.4 Å². The van der Waals surface area contributed by atoms with Crippen LogP contribution in [0.4, 0.5) is 10.2 Å². The number of halogens is 2. The molecule has 0 saturated heterocycles. The highest BCUT2D eigenvalue weighted by molar-refractivity contribution is 7.92. The van der Waals surface area contributed by atoms with Crippen molar-refractivity contribution in [3.63, 3.8) is 0 Å². The summed E-state index contributed by atoms with van der Waals surface area (Å²) in [4.78, 5) is -0.317. The number of nitrogens with zero attached hydrogens (tertiary/aromatic N) is 3. The molecule has 0 N–H and O–H groups in total. The minimum absolute atomic E-state index is 0.0207. The summed E-state index contributed by atoms with van der Waals surface area (Å²) in [6.45, 7) is 0.386. The Bertz CT molecular complexity index is 825. The number of rotatable bonds is 7. The van der Waals surface area contributed by atoms with E-state index in [1.54, 1.807) is 7.05 Å². The summed E-state index contributed by atoms with van der Waals surface area (Å²) < 4.78 is 51.8. The topological polar surface area (TPSA) is 73.7 Å². The highest BCUT2D eigenvalue weighted by Crippen LogP contribution is 2.32. The van der Waals surface area contributed by atoms with Crippen molar-refractivity contribution < 1.29 is 22.3 Å². The number of ether oxygens (including phenoxy) is 2. The van der Waals surface area contributed by atoms with Gasteiger partial charge >= 0.3 is 0 Å². The van der Waals surface area contributed by atoms with Crippen LogP contribution in [0, 0.1) is 5.82 Å². The number of anilines is 1. The van der Waals surface area contributed by atoms with Crippen LogP contribution < -0.4 is 9.04 Å². The molecule has 0 aliphatic heterocycles.